The Labute approximate surface area is 146 Å². The number of aliphatic hydroxyl groups is 3. The first kappa shape index (κ1) is 22.8. The average Bonchev–Trinajstić information content (AvgIpc) is 2.50. The van der Waals surface area contributed by atoms with E-state index in [9.17, 15) is 15.0 Å². The number of Topliss-reactive ketones (excluding diaryl/α,β-unsaturated/α-hetero) is 1. The van der Waals surface area contributed by atoms with Gasteiger partial charge in [0.1, 0.15) is 5.60 Å². The molecule has 0 aliphatic heterocycles. The maximum atomic E-state index is 11.7. The van der Waals surface area contributed by atoms with Crippen molar-refractivity contribution in [2.24, 2.45) is 0 Å². The molecule has 0 rings (SSSR count). The molecule has 0 fully saturated rings. The van der Waals surface area contributed by atoms with Gasteiger partial charge in [-0.2, -0.15) is 0 Å². The third-order valence-corrected chi connectivity index (χ3v) is 4.00. The fourth-order valence-electron chi connectivity index (χ4n) is 2.23. The molecule has 0 bridgehead atoms. The molecule has 0 spiro atoms. The standard InChI is InChI=1S/C20H34O4/c1-16(11-12-19(23)20(3,4)24)7-5-9-18(15-22)10-6-8-17(2)13-14-21/h7,10,13,21-22,24H,5-6,8-9,11-12,14-15H2,1-4H3. The summed E-state index contributed by atoms with van der Waals surface area (Å²) in [7, 11) is 0. The van der Waals surface area contributed by atoms with Crippen LogP contribution in [0.15, 0.2) is 34.9 Å². The molecule has 0 heterocycles. The van der Waals surface area contributed by atoms with E-state index < -0.39 is 5.60 Å². The molecule has 0 saturated carbocycles. The van der Waals surface area contributed by atoms with Crippen LogP contribution in [0.4, 0.5) is 0 Å². The van der Waals surface area contributed by atoms with E-state index in [2.05, 4.69) is 12.2 Å². The van der Waals surface area contributed by atoms with Gasteiger partial charge in [-0.15, -0.1) is 0 Å². The molecule has 0 atom stereocenters. The highest BCUT2D eigenvalue weighted by molar-refractivity contribution is 5.86. The molecule has 0 saturated heterocycles. The summed E-state index contributed by atoms with van der Waals surface area (Å²) in [5.41, 5.74) is 2.05. The van der Waals surface area contributed by atoms with Crippen molar-refractivity contribution in [1.29, 1.82) is 0 Å². The normalized spacial score (nSPS) is 14.2. The Balaban J connectivity index is 4.24. The predicted octanol–water partition coefficient (Wildman–Crippen LogP) is 3.47. The molecule has 0 aliphatic carbocycles. The van der Waals surface area contributed by atoms with E-state index in [4.69, 9.17) is 5.11 Å². The van der Waals surface area contributed by atoms with Gasteiger partial charge in [0.05, 0.1) is 13.2 Å². The summed E-state index contributed by atoms with van der Waals surface area (Å²) in [5, 5.41) is 27.8. The minimum Gasteiger partial charge on any atom is -0.392 e. The van der Waals surface area contributed by atoms with E-state index in [-0.39, 0.29) is 19.0 Å². The molecule has 0 amide bonds. The van der Waals surface area contributed by atoms with Crippen molar-refractivity contribution < 1.29 is 20.1 Å². The Morgan fingerprint density at radius 1 is 0.875 bits per heavy atom. The van der Waals surface area contributed by atoms with Gasteiger partial charge in [0.2, 0.25) is 0 Å². The first-order valence-electron chi connectivity index (χ1n) is 8.67. The summed E-state index contributed by atoms with van der Waals surface area (Å²) < 4.78 is 0. The molecule has 4 heteroatoms. The van der Waals surface area contributed by atoms with Crippen LogP contribution in [-0.2, 0) is 4.79 Å². The minimum atomic E-state index is -1.25. The Kier molecular flexibility index (Phi) is 11.6. The molecule has 0 unspecified atom stereocenters. The van der Waals surface area contributed by atoms with Crippen molar-refractivity contribution in [1.82, 2.24) is 0 Å². The first-order chi connectivity index (χ1) is 11.2. The van der Waals surface area contributed by atoms with Gasteiger partial charge in [0.25, 0.3) is 0 Å². The highest BCUT2D eigenvalue weighted by Crippen LogP contribution is 2.15. The minimum absolute atomic E-state index is 0.0623. The molecular formula is C20H34O4. The molecule has 0 aromatic rings. The topological polar surface area (TPSA) is 77.8 Å². The predicted molar refractivity (Wildman–Crippen MR) is 98.8 cm³/mol. The summed E-state index contributed by atoms with van der Waals surface area (Å²) in [5.74, 6) is -0.141. The lowest BCUT2D eigenvalue weighted by atomic mass is 9.97. The largest absolute Gasteiger partial charge is 0.392 e. The summed E-state index contributed by atoms with van der Waals surface area (Å²) in [4.78, 5) is 11.7. The zero-order valence-corrected chi connectivity index (χ0v) is 15.6. The molecule has 0 aromatic carbocycles. The molecule has 24 heavy (non-hydrogen) atoms. The zero-order chi connectivity index (χ0) is 18.6. The SMILES string of the molecule is CC(=CCO)CCC=C(CO)CCC=C(C)CCC(=O)C(C)(C)O. The van der Waals surface area contributed by atoms with Crippen LogP contribution in [0.3, 0.4) is 0 Å². The molecule has 138 valence electrons. The van der Waals surface area contributed by atoms with Crippen LogP contribution in [0.5, 0.6) is 0 Å². The van der Waals surface area contributed by atoms with Crippen LogP contribution in [0.2, 0.25) is 0 Å². The lowest BCUT2D eigenvalue weighted by Crippen LogP contribution is -2.30. The van der Waals surface area contributed by atoms with Crippen molar-refractivity contribution in [2.75, 3.05) is 13.2 Å². The van der Waals surface area contributed by atoms with Gasteiger partial charge in [-0.3, -0.25) is 4.79 Å². The Hall–Kier alpha value is -1.23. The Morgan fingerprint density at radius 3 is 2.00 bits per heavy atom. The van der Waals surface area contributed by atoms with E-state index in [1.165, 1.54) is 13.8 Å². The van der Waals surface area contributed by atoms with Crippen LogP contribution in [0.25, 0.3) is 0 Å². The van der Waals surface area contributed by atoms with Crippen molar-refractivity contribution in [3.63, 3.8) is 0 Å². The molecule has 0 radical (unpaired) electrons. The highest BCUT2D eigenvalue weighted by atomic mass is 16.3. The van der Waals surface area contributed by atoms with Crippen molar-refractivity contribution in [3.8, 4) is 0 Å². The van der Waals surface area contributed by atoms with Gasteiger partial charge in [0.15, 0.2) is 5.78 Å². The van der Waals surface area contributed by atoms with Crippen LogP contribution >= 0.6 is 0 Å². The average molecular weight is 338 g/mol. The summed E-state index contributed by atoms with van der Waals surface area (Å²) >= 11 is 0. The van der Waals surface area contributed by atoms with Crippen LogP contribution in [0.1, 0.15) is 66.2 Å². The van der Waals surface area contributed by atoms with Crippen LogP contribution in [0, 0.1) is 0 Å². The van der Waals surface area contributed by atoms with E-state index in [1.807, 2.05) is 13.8 Å². The molecule has 4 nitrogen and oxygen atoms in total. The number of hydrogen-bond acceptors (Lipinski definition) is 4. The van der Waals surface area contributed by atoms with Gasteiger partial charge in [-0.25, -0.2) is 0 Å². The van der Waals surface area contributed by atoms with E-state index >= 15 is 0 Å². The number of carbonyl (C=O) groups excluding carboxylic acids is 1. The lowest BCUT2D eigenvalue weighted by Gasteiger charge is -2.15. The lowest BCUT2D eigenvalue weighted by molar-refractivity contribution is -0.134. The van der Waals surface area contributed by atoms with Gasteiger partial charge in [0, 0.05) is 6.42 Å². The second kappa shape index (κ2) is 12.2. The smallest absolute Gasteiger partial charge is 0.164 e. The first-order valence-corrected chi connectivity index (χ1v) is 8.67. The fraction of sp³-hybridized carbons (Fsp3) is 0.650. The van der Waals surface area contributed by atoms with E-state index in [1.54, 1.807) is 6.08 Å². The van der Waals surface area contributed by atoms with Gasteiger partial charge < -0.3 is 15.3 Å². The fourth-order valence-corrected chi connectivity index (χ4v) is 2.23. The molecule has 3 N–H and O–H groups in total. The molecule has 0 aliphatic rings. The monoisotopic (exact) mass is 338 g/mol. The van der Waals surface area contributed by atoms with E-state index in [0.29, 0.717) is 12.8 Å². The van der Waals surface area contributed by atoms with Crippen LogP contribution in [-0.4, -0.2) is 39.9 Å². The van der Waals surface area contributed by atoms with Crippen molar-refractivity contribution in [2.45, 2.75) is 71.8 Å². The number of hydrogen-bond donors (Lipinski definition) is 3. The quantitative estimate of drug-likeness (QED) is 0.476. The van der Waals surface area contributed by atoms with Crippen LogP contribution < -0.4 is 0 Å². The zero-order valence-electron chi connectivity index (χ0n) is 15.6. The number of aliphatic hydroxyl groups excluding tert-OH is 2. The Morgan fingerprint density at radius 2 is 1.46 bits per heavy atom. The summed E-state index contributed by atoms with van der Waals surface area (Å²) in [6.07, 6.45) is 10.4. The number of rotatable bonds is 12. The number of ketones is 1. The molecular weight excluding hydrogens is 304 g/mol. The maximum absolute atomic E-state index is 11.7. The second-order valence-corrected chi connectivity index (χ2v) is 6.86. The highest BCUT2D eigenvalue weighted by Gasteiger charge is 2.22. The van der Waals surface area contributed by atoms with Gasteiger partial charge in [-0.1, -0.05) is 29.4 Å². The molecule has 0 aromatic heterocycles. The third-order valence-electron chi connectivity index (χ3n) is 4.00. The van der Waals surface area contributed by atoms with Gasteiger partial charge in [-0.05, 0) is 65.4 Å². The second-order valence-electron chi connectivity index (χ2n) is 6.86. The Bertz CT molecular complexity index is 465. The van der Waals surface area contributed by atoms with Crippen molar-refractivity contribution in [3.05, 3.63) is 34.9 Å². The maximum Gasteiger partial charge on any atom is 0.164 e. The third kappa shape index (κ3) is 11.3. The summed E-state index contributed by atoms with van der Waals surface area (Å²) in [6.45, 7) is 7.15. The number of carbonyl (C=O) groups is 1. The van der Waals surface area contributed by atoms with Crippen molar-refractivity contribution >= 4 is 5.78 Å². The van der Waals surface area contributed by atoms with Gasteiger partial charge >= 0.3 is 0 Å². The van der Waals surface area contributed by atoms with E-state index in [0.717, 1.165) is 42.4 Å². The number of allylic oxidation sites excluding steroid dienone is 4. The summed E-state index contributed by atoms with van der Waals surface area (Å²) in [6, 6.07) is 0.